The number of nitrogens with zero attached hydrogens (tertiary/aromatic N) is 1. The molecular formula is C13H19NO2S2. The Kier molecular flexibility index (Phi) is 6.57. The van der Waals surface area contributed by atoms with Gasteiger partial charge in [0.05, 0.1) is 5.56 Å². The molecule has 0 spiro atoms. The van der Waals surface area contributed by atoms with Crippen molar-refractivity contribution in [1.82, 2.24) is 4.98 Å². The third-order valence-corrected chi connectivity index (χ3v) is 4.45. The van der Waals surface area contributed by atoms with Crippen LogP contribution in [0, 0.1) is 13.8 Å². The van der Waals surface area contributed by atoms with Crippen molar-refractivity contribution < 1.29 is 9.90 Å². The van der Waals surface area contributed by atoms with E-state index in [1.54, 1.807) is 11.8 Å². The number of carboxylic acid groups (broad SMARTS) is 1. The second kappa shape index (κ2) is 7.69. The van der Waals surface area contributed by atoms with E-state index in [4.69, 9.17) is 0 Å². The lowest BCUT2D eigenvalue weighted by Gasteiger charge is -2.09. The highest BCUT2D eigenvalue weighted by Gasteiger charge is 2.15. The fourth-order valence-electron chi connectivity index (χ4n) is 1.64. The molecule has 1 heterocycles. The lowest BCUT2D eigenvalue weighted by Crippen LogP contribution is -2.05. The monoisotopic (exact) mass is 285 g/mol. The van der Waals surface area contributed by atoms with Crippen molar-refractivity contribution in [3.8, 4) is 0 Å². The molecular weight excluding hydrogens is 266 g/mol. The normalized spacial score (nSPS) is 10.6. The zero-order valence-corrected chi connectivity index (χ0v) is 12.7. The van der Waals surface area contributed by atoms with E-state index in [0.717, 1.165) is 34.9 Å². The summed E-state index contributed by atoms with van der Waals surface area (Å²) < 4.78 is 0. The van der Waals surface area contributed by atoms with Crippen molar-refractivity contribution in [1.29, 1.82) is 0 Å². The smallest absolute Gasteiger partial charge is 0.338 e. The quantitative estimate of drug-likeness (QED) is 0.612. The number of hydrogen-bond acceptors (Lipinski definition) is 4. The van der Waals surface area contributed by atoms with Gasteiger partial charge < -0.3 is 5.11 Å². The number of hydrogen-bond donors (Lipinski definition) is 1. The van der Waals surface area contributed by atoms with Crippen LogP contribution in [0.5, 0.6) is 0 Å². The zero-order chi connectivity index (χ0) is 13.5. The highest BCUT2D eigenvalue weighted by molar-refractivity contribution is 8.00. The Morgan fingerprint density at radius 3 is 2.72 bits per heavy atom. The molecule has 5 heteroatoms. The topological polar surface area (TPSA) is 50.2 Å². The highest BCUT2D eigenvalue weighted by atomic mass is 32.2. The maximum atomic E-state index is 11.2. The Morgan fingerprint density at radius 2 is 2.11 bits per heavy atom. The molecule has 1 aromatic rings. The van der Waals surface area contributed by atoms with Crippen LogP contribution in [0.25, 0.3) is 0 Å². The number of thioether (sulfide) groups is 2. The molecule has 0 unspecified atom stereocenters. The molecule has 0 aromatic carbocycles. The molecule has 0 saturated heterocycles. The molecule has 0 aliphatic carbocycles. The Balaban J connectivity index is 2.71. The van der Waals surface area contributed by atoms with Gasteiger partial charge in [-0.25, -0.2) is 9.78 Å². The summed E-state index contributed by atoms with van der Waals surface area (Å²) in [7, 11) is 0. The molecule has 0 bridgehead atoms. The van der Waals surface area contributed by atoms with Crippen LogP contribution < -0.4 is 0 Å². The second-order valence-corrected chi connectivity index (χ2v) is 6.44. The van der Waals surface area contributed by atoms with Crippen LogP contribution in [0.1, 0.15) is 35.0 Å². The number of carboxylic acids is 1. The van der Waals surface area contributed by atoms with Crippen LogP contribution in [-0.4, -0.2) is 33.3 Å². The Bertz CT molecular complexity index is 422. The summed E-state index contributed by atoms with van der Waals surface area (Å²) >= 11 is 3.46. The first kappa shape index (κ1) is 15.4. The van der Waals surface area contributed by atoms with Gasteiger partial charge >= 0.3 is 5.97 Å². The third kappa shape index (κ3) is 4.53. The van der Waals surface area contributed by atoms with Gasteiger partial charge in [0.2, 0.25) is 0 Å². The Morgan fingerprint density at radius 1 is 1.39 bits per heavy atom. The predicted molar refractivity (Wildman–Crippen MR) is 79.0 cm³/mol. The predicted octanol–water partition coefficient (Wildman–Crippen LogP) is 3.63. The number of aromatic carboxylic acids is 1. The maximum Gasteiger partial charge on any atom is 0.338 e. The van der Waals surface area contributed by atoms with E-state index in [1.165, 1.54) is 0 Å². The molecule has 0 amide bonds. The van der Waals surface area contributed by atoms with Crippen LogP contribution in [0.3, 0.4) is 0 Å². The molecule has 1 N–H and O–H groups in total. The fourth-order valence-corrected chi connectivity index (χ4v) is 3.54. The maximum absolute atomic E-state index is 11.2. The standard InChI is InChI=1S/C13H19NO2S2/c1-4-17-6-5-7-18-12-11(13(15)16)9(2)8-10(3)14-12/h8H,4-7H2,1-3H3,(H,15,16). The third-order valence-electron chi connectivity index (χ3n) is 2.40. The molecule has 0 aliphatic rings. The summed E-state index contributed by atoms with van der Waals surface area (Å²) in [5, 5.41) is 9.87. The van der Waals surface area contributed by atoms with Gasteiger partial charge in [-0.2, -0.15) is 11.8 Å². The van der Waals surface area contributed by atoms with E-state index in [9.17, 15) is 9.90 Å². The number of aromatic nitrogens is 1. The van der Waals surface area contributed by atoms with Crippen molar-refractivity contribution in [2.75, 3.05) is 17.3 Å². The average molecular weight is 285 g/mol. The molecule has 0 aliphatic heterocycles. The molecule has 1 aromatic heterocycles. The first-order valence-electron chi connectivity index (χ1n) is 5.98. The lowest BCUT2D eigenvalue weighted by molar-refractivity contribution is 0.0691. The molecule has 0 atom stereocenters. The van der Waals surface area contributed by atoms with Gasteiger partial charge in [0.15, 0.2) is 0 Å². The van der Waals surface area contributed by atoms with Crippen LogP contribution in [0.15, 0.2) is 11.1 Å². The lowest BCUT2D eigenvalue weighted by atomic mass is 10.1. The molecule has 0 radical (unpaired) electrons. The van der Waals surface area contributed by atoms with Gasteiger partial charge in [-0.3, -0.25) is 0 Å². The fraction of sp³-hybridized carbons (Fsp3) is 0.538. The highest BCUT2D eigenvalue weighted by Crippen LogP contribution is 2.25. The first-order valence-corrected chi connectivity index (χ1v) is 8.12. The number of pyridine rings is 1. The summed E-state index contributed by atoms with van der Waals surface area (Å²) in [5.74, 6) is 2.29. The van der Waals surface area contributed by atoms with Crippen LogP contribution in [-0.2, 0) is 0 Å². The van der Waals surface area contributed by atoms with E-state index < -0.39 is 5.97 Å². The van der Waals surface area contributed by atoms with Crippen molar-refractivity contribution in [3.05, 3.63) is 22.9 Å². The largest absolute Gasteiger partial charge is 0.478 e. The van der Waals surface area contributed by atoms with Crippen LogP contribution in [0.2, 0.25) is 0 Å². The summed E-state index contributed by atoms with van der Waals surface area (Å²) in [5.41, 5.74) is 2.03. The van der Waals surface area contributed by atoms with Crippen molar-refractivity contribution in [2.24, 2.45) is 0 Å². The van der Waals surface area contributed by atoms with E-state index in [-0.39, 0.29) is 0 Å². The summed E-state index contributed by atoms with van der Waals surface area (Å²) in [6, 6.07) is 1.82. The molecule has 1 rings (SSSR count). The van der Waals surface area contributed by atoms with Gasteiger partial charge in [-0.15, -0.1) is 11.8 Å². The average Bonchev–Trinajstić information content (AvgIpc) is 2.27. The van der Waals surface area contributed by atoms with E-state index in [1.807, 2.05) is 31.7 Å². The van der Waals surface area contributed by atoms with Gasteiger partial charge in [0.25, 0.3) is 0 Å². The zero-order valence-electron chi connectivity index (χ0n) is 11.0. The minimum atomic E-state index is -0.884. The minimum Gasteiger partial charge on any atom is -0.478 e. The van der Waals surface area contributed by atoms with Gasteiger partial charge in [-0.05, 0) is 43.4 Å². The summed E-state index contributed by atoms with van der Waals surface area (Å²) in [6.07, 6.45) is 1.08. The van der Waals surface area contributed by atoms with Crippen molar-refractivity contribution in [2.45, 2.75) is 32.2 Å². The van der Waals surface area contributed by atoms with E-state index >= 15 is 0 Å². The van der Waals surface area contributed by atoms with Crippen molar-refractivity contribution in [3.63, 3.8) is 0 Å². The van der Waals surface area contributed by atoms with E-state index in [2.05, 4.69) is 11.9 Å². The van der Waals surface area contributed by atoms with Gasteiger partial charge in [0, 0.05) is 11.4 Å². The van der Waals surface area contributed by atoms with Crippen LogP contribution in [0.4, 0.5) is 0 Å². The van der Waals surface area contributed by atoms with E-state index in [0.29, 0.717) is 10.6 Å². The number of aryl methyl sites for hydroxylation is 2. The van der Waals surface area contributed by atoms with Gasteiger partial charge in [0.1, 0.15) is 5.03 Å². The molecule has 0 saturated carbocycles. The van der Waals surface area contributed by atoms with Gasteiger partial charge in [-0.1, -0.05) is 6.92 Å². The van der Waals surface area contributed by atoms with Crippen LogP contribution >= 0.6 is 23.5 Å². The molecule has 0 fully saturated rings. The summed E-state index contributed by atoms with van der Waals surface area (Å²) in [6.45, 7) is 5.87. The Hall–Kier alpha value is -0.680. The number of carbonyl (C=O) groups is 1. The van der Waals surface area contributed by atoms with Crippen molar-refractivity contribution >= 4 is 29.5 Å². The SMILES string of the molecule is CCSCCCSc1nc(C)cc(C)c1C(=O)O. The molecule has 3 nitrogen and oxygen atoms in total. The summed E-state index contributed by atoms with van der Waals surface area (Å²) in [4.78, 5) is 15.6. The minimum absolute atomic E-state index is 0.355. The first-order chi connectivity index (χ1) is 8.56. The number of rotatable bonds is 7. The Labute approximate surface area is 117 Å². The molecule has 18 heavy (non-hydrogen) atoms. The molecule has 100 valence electrons. The second-order valence-electron chi connectivity index (χ2n) is 3.96.